The van der Waals surface area contributed by atoms with Crippen LogP contribution in [0.25, 0.3) is 0 Å². The van der Waals surface area contributed by atoms with Gasteiger partial charge >= 0.3 is 11.9 Å². The average Bonchev–Trinajstić information content (AvgIpc) is 3.12. The second-order valence-corrected chi connectivity index (χ2v) is 15.7. The van der Waals surface area contributed by atoms with Crippen LogP contribution in [0.2, 0.25) is 0 Å². The van der Waals surface area contributed by atoms with Gasteiger partial charge in [0.1, 0.15) is 17.2 Å². The van der Waals surface area contributed by atoms with E-state index in [1.54, 1.807) is 6.92 Å². The molecule has 0 saturated heterocycles. The van der Waals surface area contributed by atoms with Gasteiger partial charge < -0.3 is 9.47 Å². The number of benzene rings is 2. The maximum absolute atomic E-state index is 11.6. The molecule has 0 fully saturated rings. The lowest BCUT2D eigenvalue weighted by Crippen LogP contribution is -2.22. The predicted octanol–water partition coefficient (Wildman–Crippen LogP) is 8.50. The van der Waals surface area contributed by atoms with E-state index in [-0.39, 0.29) is 28.8 Å². The number of carbonyl (C=O) groups is 2. The van der Waals surface area contributed by atoms with Crippen molar-refractivity contribution in [1.29, 1.82) is 0 Å². The van der Waals surface area contributed by atoms with Crippen molar-refractivity contribution in [2.24, 2.45) is 0 Å². The molecule has 0 atom stereocenters. The van der Waals surface area contributed by atoms with Crippen molar-refractivity contribution in [2.45, 2.75) is 68.1 Å². The predicted molar refractivity (Wildman–Crippen MR) is 207 cm³/mol. The van der Waals surface area contributed by atoms with Crippen molar-refractivity contribution in [3.05, 3.63) is 112 Å². The molecular formula is C40H40BrN4O4S2+. The highest BCUT2D eigenvalue weighted by atomic mass is 79.9. The molecule has 0 spiro atoms. The summed E-state index contributed by atoms with van der Waals surface area (Å²) in [6.07, 6.45) is 13.5. The third-order valence-corrected chi connectivity index (χ3v) is 10.6. The minimum atomic E-state index is -0.509. The summed E-state index contributed by atoms with van der Waals surface area (Å²) in [7, 11) is 0. The number of terminal acetylenes is 1. The third-order valence-electron chi connectivity index (χ3n) is 8.09. The van der Waals surface area contributed by atoms with Crippen molar-refractivity contribution >= 4 is 51.4 Å². The van der Waals surface area contributed by atoms with Crippen molar-refractivity contribution < 1.29 is 19.1 Å². The quantitative estimate of drug-likeness (QED) is 0.114. The van der Waals surface area contributed by atoms with Crippen LogP contribution in [0.15, 0.2) is 75.6 Å². The van der Waals surface area contributed by atoms with E-state index in [1.165, 1.54) is 64.3 Å². The van der Waals surface area contributed by atoms with E-state index in [0.29, 0.717) is 16.9 Å². The maximum atomic E-state index is 11.6. The molecule has 2 aliphatic heterocycles. The summed E-state index contributed by atoms with van der Waals surface area (Å²) in [4.78, 5) is 41.1. The van der Waals surface area contributed by atoms with Gasteiger partial charge in [0.2, 0.25) is 6.61 Å². The molecule has 0 radical (unpaired) electrons. The van der Waals surface area contributed by atoms with Gasteiger partial charge in [0.15, 0.2) is 11.4 Å². The molecule has 0 N–H and O–H groups in total. The minimum Gasteiger partial charge on any atom is -0.461 e. The number of esters is 2. The number of fused-ring (bicyclic) bond motifs is 2. The summed E-state index contributed by atoms with van der Waals surface area (Å²) in [6, 6.07) is 12.7. The van der Waals surface area contributed by atoms with Crippen LogP contribution in [0, 0.1) is 31.1 Å². The van der Waals surface area contributed by atoms with Crippen LogP contribution in [-0.4, -0.2) is 56.6 Å². The highest BCUT2D eigenvalue weighted by Gasteiger charge is 2.28. The first-order valence-corrected chi connectivity index (χ1v) is 19.1. The van der Waals surface area contributed by atoms with Crippen LogP contribution < -0.4 is 0 Å². The van der Waals surface area contributed by atoms with E-state index in [4.69, 9.17) is 11.2 Å². The van der Waals surface area contributed by atoms with Crippen LogP contribution in [0.4, 0.5) is 0 Å². The normalized spacial score (nSPS) is 14.5. The zero-order valence-corrected chi connectivity index (χ0v) is 32.6. The van der Waals surface area contributed by atoms with Crippen molar-refractivity contribution in [2.75, 3.05) is 24.7 Å². The van der Waals surface area contributed by atoms with Crippen LogP contribution in [-0.2, 0) is 20.3 Å². The Morgan fingerprint density at radius 3 is 1.86 bits per heavy atom. The molecule has 2 aromatic carbocycles. The lowest BCUT2D eigenvalue weighted by molar-refractivity contribution is 0.0515. The molecule has 51 heavy (non-hydrogen) atoms. The zero-order chi connectivity index (χ0) is 37.0. The lowest BCUT2D eigenvalue weighted by Gasteiger charge is -2.32. The molecule has 2 aliphatic rings. The monoisotopic (exact) mass is 783 g/mol. The van der Waals surface area contributed by atoms with E-state index in [2.05, 4.69) is 117 Å². The van der Waals surface area contributed by atoms with Crippen molar-refractivity contribution in [3.63, 3.8) is 0 Å². The fraction of sp³-hybridized carbons (Fsp3) is 0.325. The summed E-state index contributed by atoms with van der Waals surface area (Å²) in [5.74, 6) is 10.3. The standard InChI is InChI=1S/C20H20N2O2S.C13H14S.C7H6BrN2O2/c1-4-24-19(23)17-13-21-15(12-22-17)7-5-14-6-8-18-16(11-14)20(2,3)9-10-25-18;1-4-10-5-6-12-11(9-10)13(2,3)7-8-14-12;1-2-12-7(11)5-3-10-6(8)4-9-5/h6,8,11-13H,4,9-10H2,1-3H3;1,5-6,9H,7-8H2,2-3H3;3-4H,1-2H2/q;;+1. The first-order chi connectivity index (χ1) is 24.4. The van der Waals surface area contributed by atoms with E-state index in [0.717, 1.165) is 16.9 Å². The number of thioether (sulfide) groups is 2. The van der Waals surface area contributed by atoms with Crippen LogP contribution >= 0.6 is 39.5 Å². The fourth-order valence-corrected chi connectivity index (χ4v) is 8.24. The molecule has 11 heteroatoms. The Balaban J connectivity index is 0.000000189. The Morgan fingerprint density at radius 1 is 0.804 bits per heavy atom. The highest BCUT2D eigenvalue weighted by molar-refractivity contribution is 9.10. The van der Waals surface area contributed by atoms with Gasteiger partial charge in [0.25, 0.3) is 0 Å². The molecule has 0 aliphatic carbocycles. The average molecular weight is 785 g/mol. The fourth-order valence-electron chi connectivity index (χ4n) is 5.06. The van der Waals surface area contributed by atoms with Crippen LogP contribution in [0.5, 0.6) is 0 Å². The number of halogens is 1. The number of nitrogens with zero attached hydrogens (tertiary/aromatic N) is 4. The molecule has 0 saturated carbocycles. The Bertz CT molecular complexity index is 1950. The molecule has 2 aromatic heterocycles. The molecule has 0 amide bonds. The Kier molecular flexibility index (Phi) is 14.2. The van der Waals surface area contributed by atoms with Gasteiger partial charge in [-0.25, -0.2) is 29.5 Å². The largest absolute Gasteiger partial charge is 0.461 e. The number of hydrogen-bond acceptors (Lipinski definition) is 10. The van der Waals surface area contributed by atoms with Gasteiger partial charge in [-0.3, -0.25) is 0 Å². The number of hydrogen-bond donors (Lipinski definition) is 0. The second-order valence-electron chi connectivity index (χ2n) is 12.6. The zero-order valence-electron chi connectivity index (χ0n) is 29.4. The van der Waals surface area contributed by atoms with E-state index >= 15 is 0 Å². The first-order valence-electron chi connectivity index (χ1n) is 16.3. The Morgan fingerprint density at radius 2 is 1.35 bits per heavy atom. The maximum Gasteiger partial charge on any atom is 0.361 e. The van der Waals surface area contributed by atoms with E-state index in [9.17, 15) is 9.59 Å². The molecule has 4 heterocycles. The number of carbonyl (C=O) groups excluding carboxylic acids is 2. The lowest BCUT2D eigenvalue weighted by atomic mass is 9.81. The number of aromatic nitrogens is 4. The van der Waals surface area contributed by atoms with Gasteiger partial charge in [-0.2, -0.15) is 0 Å². The smallest absolute Gasteiger partial charge is 0.361 e. The molecule has 8 nitrogen and oxygen atoms in total. The summed E-state index contributed by atoms with van der Waals surface area (Å²) >= 11 is 6.95. The topological polar surface area (TPSA) is 104 Å². The molecule has 0 bridgehead atoms. The molecule has 0 unspecified atom stereocenters. The van der Waals surface area contributed by atoms with Gasteiger partial charge in [-0.15, -0.1) is 29.9 Å². The van der Waals surface area contributed by atoms with Crippen molar-refractivity contribution in [1.82, 2.24) is 19.9 Å². The molecule has 262 valence electrons. The third kappa shape index (κ3) is 11.1. The number of ether oxygens (including phenoxy) is 2. The Labute approximate surface area is 317 Å². The summed E-state index contributed by atoms with van der Waals surface area (Å²) in [6.45, 7) is 14.7. The highest BCUT2D eigenvalue weighted by Crippen LogP contribution is 2.42. The van der Waals surface area contributed by atoms with Gasteiger partial charge in [0.05, 0.1) is 31.4 Å². The van der Waals surface area contributed by atoms with Gasteiger partial charge in [0, 0.05) is 20.9 Å². The van der Waals surface area contributed by atoms with Gasteiger partial charge in [-0.1, -0.05) is 39.5 Å². The van der Waals surface area contributed by atoms with Crippen LogP contribution in [0.3, 0.4) is 0 Å². The minimum absolute atomic E-state index is 0.0938. The van der Waals surface area contributed by atoms with E-state index < -0.39 is 11.9 Å². The summed E-state index contributed by atoms with van der Waals surface area (Å²) < 4.78 is 10.1. The first kappa shape index (κ1) is 39.5. The van der Waals surface area contributed by atoms with E-state index in [1.807, 2.05) is 35.7 Å². The molecular weight excluding hydrogens is 745 g/mol. The van der Waals surface area contributed by atoms with Crippen LogP contribution in [0.1, 0.15) is 96.4 Å². The summed E-state index contributed by atoms with van der Waals surface area (Å²) in [5.41, 5.74) is 6.11. The summed E-state index contributed by atoms with van der Waals surface area (Å²) in [5, 5.41) is 0. The Hall–Kier alpha value is -4.29. The second kappa shape index (κ2) is 18.3. The van der Waals surface area contributed by atoms with Crippen molar-refractivity contribution in [3.8, 4) is 24.2 Å². The van der Waals surface area contributed by atoms with Gasteiger partial charge in [-0.05, 0) is 111 Å². The SMILES string of the molecule is C#Cc1ccc2c(c1)C(C)(C)CCS2.CCOC(=O)c1cnc(C#Cc2ccc3c(c2)C(C)(C)CCS3)cn1.[CH2+]COC(=O)c1cnc(Br)cn1. The molecule has 4 aromatic rings. The number of rotatable bonds is 4. The molecule has 6 rings (SSSR count).